The quantitative estimate of drug-likeness (QED) is 0.351. The Bertz CT molecular complexity index is 302. The molecule has 0 aromatic heterocycles. The highest BCUT2D eigenvalue weighted by atomic mass is 32.2. The maximum atomic E-state index is 11.6. The van der Waals surface area contributed by atoms with Crippen molar-refractivity contribution in [3.05, 3.63) is 12.2 Å². The third kappa shape index (κ3) is 9.59. The van der Waals surface area contributed by atoms with E-state index >= 15 is 0 Å². The predicted octanol–water partition coefficient (Wildman–Crippen LogP) is 2.82. The number of hydrogen-bond donors (Lipinski definition) is 0. The molecule has 1 atom stereocenters. The molecule has 0 fully saturated rings. The van der Waals surface area contributed by atoms with Gasteiger partial charge in [0.1, 0.15) is 13.2 Å². The van der Waals surface area contributed by atoms with Crippen LogP contribution in [0.1, 0.15) is 33.6 Å². The van der Waals surface area contributed by atoms with Crippen LogP contribution in [0.15, 0.2) is 12.2 Å². The van der Waals surface area contributed by atoms with Gasteiger partial charge in [0.2, 0.25) is 0 Å². The summed E-state index contributed by atoms with van der Waals surface area (Å²) in [6.45, 7) is 9.20. The summed E-state index contributed by atoms with van der Waals surface area (Å²) >= 11 is 1.76. The highest BCUT2D eigenvalue weighted by molar-refractivity contribution is 7.99. The largest absolute Gasteiger partial charge is 0.462 e. The molecule has 0 saturated carbocycles. The van der Waals surface area contributed by atoms with Crippen LogP contribution in [0.2, 0.25) is 0 Å². The van der Waals surface area contributed by atoms with E-state index in [0.29, 0.717) is 5.57 Å². The molecule has 0 N–H and O–H groups in total. The minimum absolute atomic E-state index is 0.0765. The van der Waals surface area contributed by atoms with Crippen molar-refractivity contribution < 1.29 is 19.1 Å². The van der Waals surface area contributed by atoms with Crippen LogP contribution in [0.5, 0.6) is 0 Å². The van der Waals surface area contributed by atoms with Crippen LogP contribution in [0.3, 0.4) is 0 Å². The van der Waals surface area contributed by atoms with E-state index in [2.05, 4.69) is 13.5 Å². The SMILES string of the molecule is C=C(C)C(=O)OCCOC(=O)C(C)CSCCCC. The van der Waals surface area contributed by atoms with E-state index in [1.807, 2.05) is 6.92 Å². The number of carbonyl (C=O) groups is 2. The number of thioether (sulfide) groups is 1. The normalized spacial score (nSPS) is 11.7. The highest BCUT2D eigenvalue weighted by Crippen LogP contribution is 2.11. The lowest BCUT2D eigenvalue weighted by atomic mass is 10.2. The number of carbonyl (C=O) groups excluding carboxylic acids is 2. The molecule has 0 rings (SSSR count). The molecule has 0 spiro atoms. The maximum absolute atomic E-state index is 11.6. The van der Waals surface area contributed by atoms with Crippen molar-refractivity contribution in [1.29, 1.82) is 0 Å². The van der Waals surface area contributed by atoms with Gasteiger partial charge in [0.15, 0.2) is 0 Å². The van der Waals surface area contributed by atoms with Gasteiger partial charge >= 0.3 is 11.9 Å². The lowest BCUT2D eigenvalue weighted by molar-refractivity contribution is -0.152. The lowest BCUT2D eigenvalue weighted by Gasteiger charge is -2.11. The Morgan fingerprint density at radius 3 is 2.47 bits per heavy atom. The van der Waals surface area contributed by atoms with E-state index in [4.69, 9.17) is 9.47 Å². The zero-order valence-electron chi connectivity index (χ0n) is 12.1. The van der Waals surface area contributed by atoms with Gasteiger partial charge in [-0.25, -0.2) is 4.79 Å². The third-order valence-corrected chi connectivity index (χ3v) is 3.63. The van der Waals surface area contributed by atoms with E-state index < -0.39 is 5.97 Å². The zero-order chi connectivity index (χ0) is 14.7. The molecule has 0 saturated heterocycles. The number of rotatable bonds is 10. The smallest absolute Gasteiger partial charge is 0.333 e. The summed E-state index contributed by atoms with van der Waals surface area (Å²) in [5.41, 5.74) is 0.340. The second kappa shape index (κ2) is 10.9. The van der Waals surface area contributed by atoms with Crippen molar-refractivity contribution in [2.45, 2.75) is 33.6 Å². The van der Waals surface area contributed by atoms with Crippen LogP contribution >= 0.6 is 11.8 Å². The summed E-state index contributed by atoms with van der Waals surface area (Å²) in [7, 11) is 0. The van der Waals surface area contributed by atoms with Crippen molar-refractivity contribution in [1.82, 2.24) is 0 Å². The van der Waals surface area contributed by atoms with Gasteiger partial charge in [-0.05, 0) is 19.1 Å². The van der Waals surface area contributed by atoms with Crippen LogP contribution in [0.4, 0.5) is 0 Å². The van der Waals surface area contributed by atoms with Crippen molar-refractivity contribution in [3.8, 4) is 0 Å². The van der Waals surface area contributed by atoms with Crippen LogP contribution in [0, 0.1) is 5.92 Å². The van der Waals surface area contributed by atoms with E-state index in [9.17, 15) is 9.59 Å². The molecule has 0 aliphatic carbocycles. The molecule has 19 heavy (non-hydrogen) atoms. The van der Waals surface area contributed by atoms with Crippen molar-refractivity contribution in [2.75, 3.05) is 24.7 Å². The van der Waals surface area contributed by atoms with Gasteiger partial charge in [-0.15, -0.1) is 0 Å². The van der Waals surface area contributed by atoms with Crippen LogP contribution < -0.4 is 0 Å². The summed E-state index contributed by atoms with van der Waals surface area (Å²) in [4.78, 5) is 22.7. The minimum atomic E-state index is -0.459. The van der Waals surface area contributed by atoms with Crippen LogP contribution in [-0.2, 0) is 19.1 Å². The fraction of sp³-hybridized carbons (Fsp3) is 0.714. The summed E-state index contributed by atoms with van der Waals surface area (Å²) in [6, 6.07) is 0. The summed E-state index contributed by atoms with van der Waals surface area (Å²) in [5.74, 6) is 1.02. The molecule has 1 unspecified atom stereocenters. The third-order valence-electron chi connectivity index (χ3n) is 2.32. The number of hydrogen-bond acceptors (Lipinski definition) is 5. The first-order valence-electron chi connectivity index (χ1n) is 6.56. The molecule has 4 nitrogen and oxygen atoms in total. The van der Waals surface area contributed by atoms with Gasteiger partial charge in [0, 0.05) is 11.3 Å². The van der Waals surface area contributed by atoms with Gasteiger partial charge in [-0.2, -0.15) is 11.8 Å². The molecule has 0 heterocycles. The van der Waals surface area contributed by atoms with Gasteiger partial charge in [0.05, 0.1) is 5.92 Å². The molecule has 0 aliphatic rings. The molecule has 0 aliphatic heterocycles. The topological polar surface area (TPSA) is 52.6 Å². The number of ether oxygens (including phenoxy) is 2. The lowest BCUT2D eigenvalue weighted by Crippen LogP contribution is -2.20. The number of esters is 2. The van der Waals surface area contributed by atoms with Crippen molar-refractivity contribution in [3.63, 3.8) is 0 Å². The Morgan fingerprint density at radius 1 is 1.26 bits per heavy atom. The molecule has 5 heteroatoms. The van der Waals surface area contributed by atoms with E-state index in [1.165, 1.54) is 12.8 Å². The average Bonchev–Trinajstić information content (AvgIpc) is 2.38. The van der Waals surface area contributed by atoms with Crippen molar-refractivity contribution >= 4 is 23.7 Å². The predicted molar refractivity (Wildman–Crippen MR) is 78.1 cm³/mol. The molecular formula is C14H24O4S. The molecule has 0 bridgehead atoms. The standard InChI is InChI=1S/C14H24O4S/c1-5-6-9-19-10-12(4)14(16)18-8-7-17-13(15)11(2)3/h12H,2,5-10H2,1,3-4H3. The Balaban J connectivity index is 3.62. The van der Waals surface area contributed by atoms with Crippen LogP contribution in [-0.4, -0.2) is 36.7 Å². The van der Waals surface area contributed by atoms with Gasteiger partial charge in [-0.1, -0.05) is 26.8 Å². The Labute approximate surface area is 119 Å². The van der Waals surface area contributed by atoms with E-state index in [0.717, 1.165) is 11.5 Å². The Morgan fingerprint density at radius 2 is 1.89 bits per heavy atom. The number of unbranched alkanes of at least 4 members (excludes halogenated alkanes) is 1. The Kier molecular flexibility index (Phi) is 10.4. The Hall–Kier alpha value is -0.970. The molecule has 0 amide bonds. The van der Waals surface area contributed by atoms with E-state index in [-0.39, 0.29) is 25.1 Å². The summed E-state index contributed by atoms with van der Waals surface area (Å²) in [6.07, 6.45) is 2.34. The second-order valence-electron chi connectivity index (χ2n) is 4.41. The first-order chi connectivity index (χ1) is 8.99. The molecular weight excluding hydrogens is 264 g/mol. The van der Waals surface area contributed by atoms with Gasteiger partial charge < -0.3 is 9.47 Å². The second-order valence-corrected chi connectivity index (χ2v) is 5.56. The maximum Gasteiger partial charge on any atom is 0.333 e. The fourth-order valence-electron chi connectivity index (χ4n) is 1.12. The molecule has 110 valence electrons. The summed E-state index contributed by atoms with van der Waals surface area (Å²) in [5, 5.41) is 0. The molecule has 0 radical (unpaired) electrons. The average molecular weight is 288 g/mol. The monoisotopic (exact) mass is 288 g/mol. The van der Waals surface area contributed by atoms with Gasteiger partial charge in [0.25, 0.3) is 0 Å². The van der Waals surface area contributed by atoms with Crippen molar-refractivity contribution in [2.24, 2.45) is 5.92 Å². The van der Waals surface area contributed by atoms with E-state index in [1.54, 1.807) is 18.7 Å². The molecule has 0 aromatic rings. The highest BCUT2D eigenvalue weighted by Gasteiger charge is 2.14. The first-order valence-corrected chi connectivity index (χ1v) is 7.71. The fourth-order valence-corrected chi connectivity index (χ4v) is 2.27. The van der Waals surface area contributed by atoms with Gasteiger partial charge in [-0.3, -0.25) is 4.79 Å². The molecule has 0 aromatic carbocycles. The van der Waals surface area contributed by atoms with Crippen LogP contribution in [0.25, 0.3) is 0 Å². The summed E-state index contributed by atoms with van der Waals surface area (Å²) < 4.78 is 9.86. The zero-order valence-corrected chi connectivity index (χ0v) is 12.9. The first kappa shape index (κ1) is 18.0. The minimum Gasteiger partial charge on any atom is -0.462 e.